The van der Waals surface area contributed by atoms with E-state index in [-0.39, 0.29) is 17.5 Å². The average Bonchev–Trinajstić information content (AvgIpc) is 2.53. The van der Waals surface area contributed by atoms with Crippen LogP contribution < -0.4 is 5.32 Å². The Morgan fingerprint density at radius 2 is 2.00 bits per heavy atom. The Kier molecular flexibility index (Phi) is 6.27. The topological polar surface area (TPSA) is 61.9 Å². The van der Waals surface area contributed by atoms with Gasteiger partial charge in [0, 0.05) is 46.8 Å². The minimum absolute atomic E-state index is 0.0387. The molecule has 2 rings (SSSR count). The molecular weight excluding hydrogens is 294 g/mol. The van der Waals surface area contributed by atoms with Gasteiger partial charge in [0.1, 0.15) is 0 Å². The lowest BCUT2D eigenvalue weighted by atomic mass is 9.78. The van der Waals surface area contributed by atoms with Gasteiger partial charge in [-0.2, -0.15) is 0 Å². The molecule has 132 valence electrons. The first kappa shape index (κ1) is 18.0. The van der Waals surface area contributed by atoms with E-state index in [4.69, 9.17) is 4.74 Å². The van der Waals surface area contributed by atoms with Crippen molar-refractivity contribution in [1.29, 1.82) is 0 Å². The summed E-state index contributed by atoms with van der Waals surface area (Å²) >= 11 is 0. The lowest BCUT2D eigenvalue weighted by molar-refractivity contribution is -0.138. The average molecular weight is 325 g/mol. The van der Waals surface area contributed by atoms with Crippen LogP contribution in [0.5, 0.6) is 0 Å². The van der Waals surface area contributed by atoms with Gasteiger partial charge in [0.2, 0.25) is 5.91 Å². The van der Waals surface area contributed by atoms with E-state index >= 15 is 0 Å². The quantitative estimate of drug-likeness (QED) is 0.858. The number of ether oxygens (including phenoxy) is 1. The maximum atomic E-state index is 12.0. The zero-order valence-corrected chi connectivity index (χ0v) is 14.8. The summed E-state index contributed by atoms with van der Waals surface area (Å²) < 4.78 is 6.10. The van der Waals surface area contributed by atoms with Crippen molar-refractivity contribution >= 4 is 11.9 Å². The SMILES string of the molecule is CCCNC(=O)N1CCC2(CC1)CC(CC(=O)N(C)C)CCO2. The first-order valence-corrected chi connectivity index (χ1v) is 8.82. The van der Waals surface area contributed by atoms with Crippen LogP contribution in [0.1, 0.15) is 45.4 Å². The second-order valence-corrected chi connectivity index (χ2v) is 7.10. The number of urea groups is 1. The molecule has 1 unspecified atom stereocenters. The van der Waals surface area contributed by atoms with Crippen molar-refractivity contribution in [3.05, 3.63) is 0 Å². The summed E-state index contributed by atoms with van der Waals surface area (Å²) in [6, 6.07) is 0.0387. The van der Waals surface area contributed by atoms with E-state index in [0.29, 0.717) is 12.3 Å². The highest BCUT2D eigenvalue weighted by atomic mass is 16.5. The van der Waals surface area contributed by atoms with Crippen molar-refractivity contribution < 1.29 is 14.3 Å². The maximum absolute atomic E-state index is 12.0. The minimum Gasteiger partial charge on any atom is -0.375 e. The van der Waals surface area contributed by atoms with Crippen LogP contribution >= 0.6 is 0 Å². The number of hydrogen-bond donors (Lipinski definition) is 1. The molecule has 0 radical (unpaired) electrons. The summed E-state index contributed by atoms with van der Waals surface area (Å²) in [5.41, 5.74) is -0.128. The lowest BCUT2D eigenvalue weighted by Gasteiger charge is -2.46. The summed E-state index contributed by atoms with van der Waals surface area (Å²) in [6.07, 6.45) is 5.21. The Bertz CT molecular complexity index is 417. The van der Waals surface area contributed by atoms with Crippen molar-refractivity contribution in [2.45, 2.75) is 51.0 Å². The number of likely N-dealkylation sites (tertiary alicyclic amines) is 1. The summed E-state index contributed by atoms with van der Waals surface area (Å²) in [5.74, 6) is 0.600. The van der Waals surface area contributed by atoms with Gasteiger partial charge < -0.3 is 19.9 Å². The van der Waals surface area contributed by atoms with Crippen LogP contribution in [0.25, 0.3) is 0 Å². The van der Waals surface area contributed by atoms with E-state index in [1.807, 2.05) is 19.0 Å². The van der Waals surface area contributed by atoms with Gasteiger partial charge in [0.05, 0.1) is 5.60 Å². The molecule has 3 amide bonds. The summed E-state index contributed by atoms with van der Waals surface area (Å²) in [6.45, 7) is 4.99. The lowest BCUT2D eigenvalue weighted by Crippen LogP contribution is -2.53. The van der Waals surface area contributed by atoms with Crippen LogP contribution in [0.2, 0.25) is 0 Å². The van der Waals surface area contributed by atoms with Gasteiger partial charge in [0.15, 0.2) is 0 Å². The largest absolute Gasteiger partial charge is 0.375 e. The third kappa shape index (κ3) is 4.83. The zero-order valence-electron chi connectivity index (χ0n) is 14.8. The van der Waals surface area contributed by atoms with Crippen LogP contribution in [0.4, 0.5) is 4.79 Å². The molecule has 1 spiro atoms. The molecule has 0 aromatic rings. The van der Waals surface area contributed by atoms with E-state index in [2.05, 4.69) is 12.2 Å². The number of piperidine rings is 1. The Balaban J connectivity index is 1.84. The summed E-state index contributed by atoms with van der Waals surface area (Å²) in [4.78, 5) is 27.5. The van der Waals surface area contributed by atoms with Crippen molar-refractivity contribution in [1.82, 2.24) is 15.1 Å². The summed E-state index contributed by atoms with van der Waals surface area (Å²) in [7, 11) is 3.62. The van der Waals surface area contributed by atoms with Crippen LogP contribution in [-0.2, 0) is 9.53 Å². The number of nitrogens with one attached hydrogen (secondary N) is 1. The van der Waals surface area contributed by atoms with Gasteiger partial charge in [-0.25, -0.2) is 4.79 Å². The van der Waals surface area contributed by atoms with Crippen LogP contribution in [-0.4, -0.2) is 67.7 Å². The number of carbonyl (C=O) groups is 2. The highest BCUT2D eigenvalue weighted by Crippen LogP contribution is 2.38. The normalized spacial score (nSPS) is 23.6. The molecule has 1 N–H and O–H groups in total. The number of amides is 3. The third-order valence-electron chi connectivity index (χ3n) is 5.05. The highest BCUT2D eigenvalue weighted by molar-refractivity contribution is 5.75. The number of hydrogen-bond acceptors (Lipinski definition) is 3. The van der Waals surface area contributed by atoms with Crippen molar-refractivity contribution in [2.75, 3.05) is 40.3 Å². The Morgan fingerprint density at radius 3 is 2.61 bits per heavy atom. The molecule has 6 heteroatoms. The molecule has 0 aromatic carbocycles. The van der Waals surface area contributed by atoms with Crippen LogP contribution in [0, 0.1) is 5.92 Å². The monoisotopic (exact) mass is 325 g/mol. The van der Waals surface area contributed by atoms with E-state index in [1.165, 1.54) is 0 Å². The fraction of sp³-hybridized carbons (Fsp3) is 0.882. The predicted octanol–water partition coefficient (Wildman–Crippen LogP) is 1.85. The molecule has 0 saturated carbocycles. The van der Waals surface area contributed by atoms with Crippen molar-refractivity contribution in [2.24, 2.45) is 5.92 Å². The molecule has 23 heavy (non-hydrogen) atoms. The zero-order chi connectivity index (χ0) is 16.9. The number of nitrogens with zero attached hydrogens (tertiary/aromatic N) is 2. The predicted molar refractivity (Wildman–Crippen MR) is 89.2 cm³/mol. The first-order chi connectivity index (χ1) is 11.0. The van der Waals surface area contributed by atoms with Gasteiger partial charge in [-0.05, 0) is 38.0 Å². The minimum atomic E-state index is -0.128. The van der Waals surface area contributed by atoms with Crippen molar-refractivity contribution in [3.8, 4) is 0 Å². The van der Waals surface area contributed by atoms with E-state index in [9.17, 15) is 9.59 Å². The van der Waals surface area contributed by atoms with Gasteiger partial charge in [-0.3, -0.25) is 4.79 Å². The maximum Gasteiger partial charge on any atom is 0.317 e. The molecule has 2 aliphatic heterocycles. The number of rotatable bonds is 4. The highest BCUT2D eigenvalue weighted by Gasteiger charge is 2.41. The second kappa shape index (κ2) is 7.99. The van der Waals surface area contributed by atoms with Crippen molar-refractivity contribution in [3.63, 3.8) is 0 Å². The molecule has 2 aliphatic rings. The molecule has 2 fully saturated rings. The Hall–Kier alpha value is -1.30. The fourth-order valence-corrected chi connectivity index (χ4v) is 3.54. The standard InChI is InChI=1S/C17H31N3O3/c1-4-8-18-16(22)20-9-6-17(7-10-20)13-14(5-11-23-17)12-15(21)19(2)3/h14H,4-13H2,1-3H3,(H,18,22). The molecule has 0 aromatic heterocycles. The molecular formula is C17H31N3O3. The summed E-state index contributed by atoms with van der Waals surface area (Å²) in [5, 5.41) is 2.94. The van der Waals surface area contributed by atoms with E-state index < -0.39 is 0 Å². The van der Waals surface area contributed by atoms with Gasteiger partial charge in [-0.1, -0.05) is 6.92 Å². The first-order valence-electron chi connectivity index (χ1n) is 8.82. The fourth-order valence-electron chi connectivity index (χ4n) is 3.54. The van der Waals surface area contributed by atoms with Gasteiger partial charge in [-0.15, -0.1) is 0 Å². The molecule has 2 saturated heterocycles. The smallest absolute Gasteiger partial charge is 0.317 e. The molecule has 1 atom stereocenters. The number of carbonyl (C=O) groups excluding carboxylic acids is 2. The Labute approximate surface area is 139 Å². The molecule has 6 nitrogen and oxygen atoms in total. The molecule has 2 heterocycles. The van der Waals surface area contributed by atoms with E-state index in [1.54, 1.807) is 4.90 Å². The third-order valence-corrected chi connectivity index (χ3v) is 5.05. The Morgan fingerprint density at radius 1 is 1.30 bits per heavy atom. The van der Waals surface area contributed by atoms with Gasteiger partial charge in [0.25, 0.3) is 0 Å². The van der Waals surface area contributed by atoms with E-state index in [0.717, 1.165) is 58.3 Å². The molecule has 0 bridgehead atoms. The van der Waals surface area contributed by atoms with Gasteiger partial charge >= 0.3 is 6.03 Å². The van der Waals surface area contributed by atoms with Crippen LogP contribution in [0.3, 0.4) is 0 Å². The molecule has 0 aliphatic carbocycles. The second-order valence-electron chi connectivity index (χ2n) is 7.10. The van der Waals surface area contributed by atoms with Crippen LogP contribution in [0.15, 0.2) is 0 Å².